The van der Waals surface area contributed by atoms with Crippen LogP contribution in [0.4, 0.5) is 11.5 Å². The maximum Gasteiger partial charge on any atom is 0.212 e. The largest absolute Gasteiger partial charge is 0.481 e. The van der Waals surface area contributed by atoms with E-state index in [1.807, 2.05) is 65.2 Å². The number of nitrogens with zero attached hydrogens (tertiary/aromatic N) is 5. The highest BCUT2D eigenvalue weighted by molar-refractivity contribution is 5.87. The SMILES string of the molecule is COc1ccc(-c2nc(Nc3ccc(Oc4ccccc4)cc3)c3ncn(C(C)C)c3n2)cn1. The Labute approximate surface area is 197 Å². The number of imidazole rings is 1. The molecule has 0 radical (unpaired) electrons. The number of ether oxygens (including phenoxy) is 2. The van der Waals surface area contributed by atoms with Crippen LogP contribution < -0.4 is 14.8 Å². The van der Waals surface area contributed by atoms with E-state index in [1.165, 1.54) is 0 Å². The van der Waals surface area contributed by atoms with Gasteiger partial charge in [0.25, 0.3) is 0 Å². The third kappa shape index (κ3) is 4.38. The predicted molar refractivity (Wildman–Crippen MR) is 132 cm³/mol. The van der Waals surface area contributed by atoms with Crippen LogP contribution in [0.25, 0.3) is 22.6 Å². The van der Waals surface area contributed by atoms with Crippen molar-refractivity contribution in [2.24, 2.45) is 0 Å². The Balaban J connectivity index is 1.49. The minimum absolute atomic E-state index is 0.198. The highest BCUT2D eigenvalue weighted by Gasteiger charge is 2.16. The molecule has 0 saturated heterocycles. The molecular formula is C26H24N6O2. The summed E-state index contributed by atoms with van der Waals surface area (Å²) in [6.07, 6.45) is 3.50. The van der Waals surface area contributed by atoms with Crippen molar-refractivity contribution in [2.75, 3.05) is 12.4 Å². The van der Waals surface area contributed by atoms with Crippen LogP contribution >= 0.6 is 0 Å². The molecule has 3 heterocycles. The van der Waals surface area contributed by atoms with Crippen LogP contribution in [0.1, 0.15) is 19.9 Å². The Hall–Kier alpha value is -4.46. The number of hydrogen-bond acceptors (Lipinski definition) is 7. The molecule has 0 spiro atoms. The van der Waals surface area contributed by atoms with E-state index in [2.05, 4.69) is 29.1 Å². The quantitative estimate of drug-likeness (QED) is 0.323. The van der Waals surface area contributed by atoms with Gasteiger partial charge in [-0.15, -0.1) is 0 Å². The number of pyridine rings is 1. The summed E-state index contributed by atoms with van der Waals surface area (Å²) in [5, 5.41) is 3.40. The van der Waals surface area contributed by atoms with E-state index in [4.69, 9.17) is 19.4 Å². The molecule has 34 heavy (non-hydrogen) atoms. The number of rotatable bonds is 7. The first-order valence-corrected chi connectivity index (χ1v) is 11.0. The summed E-state index contributed by atoms with van der Waals surface area (Å²) < 4.78 is 13.1. The van der Waals surface area contributed by atoms with Crippen molar-refractivity contribution in [3.63, 3.8) is 0 Å². The molecule has 0 aliphatic rings. The van der Waals surface area contributed by atoms with E-state index >= 15 is 0 Å². The van der Waals surface area contributed by atoms with Crippen molar-refractivity contribution < 1.29 is 9.47 Å². The molecule has 5 aromatic rings. The van der Waals surface area contributed by atoms with Gasteiger partial charge in [0.1, 0.15) is 11.5 Å². The molecule has 0 bridgehead atoms. The maximum absolute atomic E-state index is 5.89. The number of para-hydroxylation sites is 1. The van der Waals surface area contributed by atoms with E-state index in [0.29, 0.717) is 23.0 Å². The molecule has 1 N–H and O–H groups in total. The fourth-order valence-electron chi connectivity index (χ4n) is 3.51. The average molecular weight is 453 g/mol. The Morgan fingerprint density at radius 1 is 0.853 bits per heavy atom. The van der Waals surface area contributed by atoms with Gasteiger partial charge in [-0.2, -0.15) is 0 Å². The van der Waals surface area contributed by atoms with Gasteiger partial charge < -0.3 is 19.4 Å². The zero-order valence-electron chi connectivity index (χ0n) is 19.1. The third-order valence-corrected chi connectivity index (χ3v) is 5.28. The Kier molecular flexibility index (Phi) is 5.78. The Morgan fingerprint density at radius 2 is 1.62 bits per heavy atom. The van der Waals surface area contributed by atoms with Gasteiger partial charge in [-0.3, -0.25) is 0 Å². The number of aromatic nitrogens is 5. The Morgan fingerprint density at radius 3 is 2.29 bits per heavy atom. The van der Waals surface area contributed by atoms with Crippen LogP contribution in [-0.2, 0) is 0 Å². The molecular weight excluding hydrogens is 428 g/mol. The summed E-state index contributed by atoms with van der Waals surface area (Å²) >= 11 is 0. The fourth-order valence-corrected chi connectivity index (χ4v) is 3.51. The molecule has 0 amide bonds. The normalized spacial score (nSPS) is 11.1. The lowest BCUT2D eigenvalue weighted by molar-refractivity contribution is 0.398. The number of methoxy groups -OCH3 is 1. The average Bonchev–Trinajstić information content (AvgIpc) is 3.31. The first-order valence-electron chi connectivity index (χ1n) is 11.0. The highest BCUT2D eigenvalue weighted by atomic mass is 16.5. The number of anilines is 2. The number of fused-ring (bicyclic) bond motifs is 1. The van der Waals surface area contributed by atoms with Crippen LogP contribution in [0.15, 0.2) is 79.3 Å². The topological polar surface area (TPSA) is 87.0 Å². The van der Waals surface area contributed by atoms with Crippen LogP contribution in [0.5, 0.6) is 17.4 Å². The first kappa shape index (κ1) is 21.4. The number of hydrogen-bond donors (Lipinski definition) is 1. The molecule has 0 atom stereocenters. The van der Waals surface area contributed by atoms with Gasteiger partial charge >= 0.3 is 0 Å². The van der Waals surface area contributed by atoms with Gasteiger partial charge in [0.15, 0.2) is 22.8 Å². The van der Waals surface area contributed by atoms with Crippen LogP contribution in [-0.4, -0.2) is 31.6 Å². The maximum atomic E-state index is 5.89. The van der Waals surface area contributed by atoms with Gasteiger partial charge in [-0.1, -0.05) is 18.2 Å². The summed E-state index contributed by atoms with van der Waals surface area (Å²) in [5.41, 5.74) is 3.10. The molecule has 5 rings (SSSR count). The second-order valence-electron chi connectivity index (χ2n) is 7.97. The molecule has 0 aliphatic carbocycles. The van der Waals surface area contributed by atoms with Crippen molar-refractivity contribution in [3.8, 4) is 28.8 Å². The summed E-state index contributed by atoms with van der Waals surface area (Å²) in [5.74, 6) is 3.24. The summed E-state index contributed by atoms with van der Waals surface area (Å²) in [4.78, 5) is 18.5. The van der Waals surface area contributed by atoms with E-state index in [0.717, 1.165) is 28.4 Å². The van der Waals surface area contributed by atoms with Crippen LogP contribution in [0, 0.1) is 0 Å². The molecule has 0 aliphatic heterocycles. The van der Waals surface area contributed by atoms with E-state index in [-0.39, 0.29) is 6.04 Å². The molecule has 0 unspecified atom stereocenters. The Bertz CT molecular complexity index is 1400. The fraction of sp³-hybridized carbons (Fsp3) is 0.154. The molecule has 0 saturated carbocycles. The molecule has 2 aromatic carbocycles. The molecule has 0 fully saturated rings. The van der Waals surface area contributed by atoms with Gasteiger partial charge in [-0.25, -0.2) is 19.9 Å². The van der Waals surface area contributed by atoms with Gasteiger partial charge in [-0.05, 0) is 56.3 Å². The highest BCUT2D eigenvalue weighted by Crippen LogP contribution is 2.29. The molecule has 170 valence electrons. The molecule has 8 heteroatoms. The van der Waals surface area contributed by atoms with Crippen molar-refractivity contribution >= 4 is 22.7 Å². The van der Waals surface area contributed by atoms with Crippen molar-refractivity contribution in [1.82, 2.24) is 24.5 Å². The minimum Gasteiger partial charge on any atom is -0.481 e. The van der Waals surface area contributed by atoms with E-state index < -0.39 is 0 Å². The van der Waals surface area contributed by atoms with Crippen LogP contribution in [0.3, 0.4) is 0 Å². The summed E-state index contributed by atoms with van der Waals surface area (Å²) in [6.45, 7) is 4.19. The lowest BCUT2D eigenvalue weighted by Crippen LogP contribution is -2.04. The van der Waals surface area contributed by atoms with Crippen molar-refractivity contribution in [2.45, 2.75) is 19.9 Å². The van der Waals surface area contributed by atoms with Gasteiger partial charge in [0.2, 0.25) is 5.88 Å². The van der Waals surface area contributed by atoms with Crippen LogP contribution in [0.2, 0.25) is 0 Å². The summed E-state index contributed by atoms with van der Waals surface area (Å²) in [7, 11) is 1.59. The zero-order valence-corrected chi connectivity index (χ0v) is 19.1. The lowest BCUT2D eigenvalue weighted by Gasteiger charge is -2.12. The van der Waals surface area contributed by atoms with E-state index in [9.17, 15) is 0 Å². The van der Waals surface area contributed by atoms with E-state index in [1.54, 1.807) is 25.7 Å². The standard InChI is InChI=1S/C26H24N6O2/c1-17(2)32-16-28-23-25(30-24(31-26(23)32)18-9-14-22(33-3)27-15-18)29-19-10-12-21(13-11-19)34-20-7-5-4-6-8-20/h4-17H,1-3H3,(H,29,30,31). The number of nitrogens with one attached hydrogen (secondary N) is 1. The lowest BCUT2D eigenvalue weighted by atomic mass is 10.2. The van der Waals surface area contributed by atoms with Crippen molar-refractivity contribution in [3.05, 3.63) is 79.3 Å². The van der Waals surface area contributed by atoms with Crippen molar-refractivity contribution in [1.29, 1.82) is 0 Å². The summed E-state index contributed by atoms with van der Waals surface area (Å²) in [6, 6.07) is 21.3. The molecule has 3 aromatic heterocycles. The first-order chi connectivity index (χ1) is 16.6. The second kappa shape index (κ2) is 9.19. The van der Waals surface area contributed by atoms with Gasteiger partial charge in [0, 0.05) is 29.6 Å². The smallest absolute Gasteiger partial charge is 0.212 e. The predicted octanol–water partition coefficient (Wildman–Crippen LogP) is 6.01. The molecule has 8 nitrogen and oxygen atoms in total. The third-order valence-electron chi connectivity index (χ3n) is 5.28. The minimum atomic E-state index is 0.198. The monoisotopic (exact) mass is 452 g/mol. The second-order valence-corrected chi connectivity index (χ2v) is 7.97. The number of benzene rings is 2. The zero-order chi connectivity index (χ0) is 23.5. The van der Waals surface area contributed by atoms with Gasteiger partial charge in [0.05, 0.1) is 13.4 Å².